The van der Waals surface area contributed by atoms with Gasteiger partial charge in [0.05, 0.1) is 13.1 Å². The van der Waals surface area contributed by atoms with E-state index in [0.717, 1.165) is 44.2 Å². The van der Waals surface area contributed by atoms with Crippen LogP contribution in [0.25, 0.3) is 0 Å². The van der Waals surface area contributed by atoms with Crippen molar-refractivity contribution in [2.75, 3.05) is 63.9 Å². The monoisotopic (exact) mass is 349 g/mol. The Labute approximate surface area is 148 Å². The van der Waals surface area contributed by atoms with Crippen molar-refractivity contribution in [2.45, 2.75) is 18.4 Å². The van der Waals surface area contributed by atoms with Crippen LogP contribution in [0.1, 0.15) is 12.8 Å². The van der Waals surface area contributed by atoms with E-state index in [-0.39, 0.29) is 18.1 Å². The third kappa shape index (κ3) is 3.85. The molecule has 0 aliphatic carbocycles. The van der Waals surface area contributed by atoms with Gasteiger partial charge in [0.2, 0.25) is 5.91 Å². The summed E-state index contributed by atoms with van der Waals surface area (Å²) < 4.78 is 10.9. The van der Waals surface area contributed by atoms with Crippen molar-refractivity contribution in [2.24, 2.45) is 5.92 Å². The number of ether oxygens (including phenoxy) is 2. The fraction of sp³-hybridized carbons (Fsp3) is 0.706. The van der Waals surface area contributed by atoms with Gasteiger partial charge in [0.15, 0.2) is 0 Å². The molecule has 2 fully saturated rings. The lowest BCUT2D eigenvalue weighted by Crippen LogP contribution is -2.65. The fourth-order valence-electron chi connectivity index (χ4n) is 3.63. The molecule has 2 aliphatic heterocycles. The van der Waals surface area contributed by atoms with Crippen LogP contribution in [0.3, 0.4) is 0 Å². The van der Waals surface area contributed by atoms with Crippen molar-refractivity contribution in [3.05, 3.63) is 12.4 Å². The van der Waals surface area contributed by atoms with E-state index in [0.29, 0.717) is 12.5 Å². The van der Waals surface area contributed by atoms with E-state index in [2.05, 4.69) is 20.2 Å². The van der Waals surface area contributed by atoms with Gasteiger partial charge in [-0.25, -0.2) is 9.97 Å². The molecule has 0 saturated carbocycles. The number of carbonyl (C=O) groups excluding carboxylic acids is 1. The summed E-state index contributed by atoms with van der Waals surface area (Å²) in [5.74, 6) is 2.23. The van der Waals surface area contributed by atoms with Crippen LogP contribution in [0, 0.1) is 5.92 Å². The van der Waals surface area contributed by atoms with Gasteiger partial charge in [0.25, 0.3) is 0 Å². The Morgan fingerprint density at radius 2 is 2.28 bits per heavy atom. The number of hydrogen-bond donors (Lipinski definition) is 1. The Bertz CT molecular complexity index is 604. The summed E-state index contributed by atoms with van der Waals surface area (Å²) in [5.41, 5.74) is -0.102. The lowest BCUT2D eigenvalue weighted by Gasteiger charge is -2.51. The second kappa shape index (κ2) is 7.53. The van der Waals surface area contributed by atoms with E-state index in [1.54, 1.807) is 6.33 Å². The second-order valence-corrected chi connectivity index (χ2v) is 6.96. The minimum atomic E-state index is -0.102. The van der Waals surface area contributed by atoms with Crippen molar-refractivity contribution in [1.29, 1.82) is 0 Å². The zero-order valence-corrected chi connectivity index (χ0v) is 15.2. The number of nitrogens with zero attached hydrogens (tertiary/aromatic N) is 4. The number of nitrogens with one attached hydrogen (secondary N) is 1. The van der Waals surface area contributed by atoms with Crippen molar-refractivity contribution < 1.29 is 14.3 Å². The third-order valence-corrected chi connectivity index (χ3v) is 5.03. The topological polar surface area (TPSA) is 79.8 Å². The third-order valence-electron chi connectivity index (χ3n) is 5.03. The van der Waals surface area contributed by atoms with Gasteiger partial charge in [-0.2, -0.15) is 0 Å². The van der Waals surface area contributed by atoms with E-state index < -0.39 is 0 Å². The van der Waals surface area contributed by atoms with Gasteiger partial charge in [0.1, 0.15) is 30.2 Å². The molecule has 1 spiro atoms. The molecule has 138 valence electrons. The van der Waals surface area contributed by atoms with Crippen molar-refractivity contribution in [1.82, 2.24) is 15.3 Å². The highest BCUT2D eigenvalue weighted by Crippen LogP contribution is 2.43. The first kappa shape index (κ1) is 17.9. The molecular weight excluding hydrogens is 322 g/mol. The smallest absolute Gasteiger partial charge is 0.245 e. The largest absolute Gasteiger partial charge is 0.375 e. The number of amides is 1. The summed E-state index contributed by atoms with van der Waals surface area (Å²) in [6.45, 7) is 3.25. The number of rotatable bonds is 7. The number of hydrogen-bond acceptors (Lipinski definition) is 7. The van der Waals surface area contributed by atoms with Crippen LogP contribution < -0.4 is 15.1 Å². The molecule has 3 rings (SSSR count). The fourth-order valence-corrected chi connectivity index (χ4v) is 3.63. The number of aromatic nitrogens is 2. The molecule has 0 aromatic carbocycles. The Morgan fingerprint density at radius 3 is 3.00 bits per heavy atom. The van der Waals surface area contributed by atoms with Gasteiger partial charge in [-0.3, -0.25) is 4.79 Å². The number of anilines is 2. The predicted octanol–water partition coefficient (Wildman–Crippen LogP) is 0.291. The van der Waals surface area contributed by atoms with Gasteiger partial charge in [-0.05, 0) is 18.8 Å². The Hall–Kier alpha value is -1.93. The van der Waals surface area contributed by atoms with Crippen LogP contribution in [-0.4, -0.2) is 75.5 Å². The molecule has 1 aromatic rings. The number of methoxy groups -OCH3 is 1. The SMILES string of the molecule is COCC(=O)NCC[C@H]1CCOC12CN(c1cc(N(C)C)ncn1)C2. The van der Waals surface area contributed by atoms with Crippen molar-refractivity contribution in [3.8, 4) is 0 Å². The molecule has 8 heteroatoms. The van der Waals surface area contributed by atoms with Crippen LogP contribution in [0.5, 0.6) is 0 Å². The molecule has 0 radical (unpaired) electrons. The van der Waals surface area contributed by atoms with E-state index in [9.17, 15) is 4.79 Å². The molecule has 1 aromatic heterocycles. The highest BCUT2D eigenvalue weighted by molar-refractivity contribution is 5.77. The van der Waals surface area contributed by atoms with Crippen LogP contribution in [0.4, 0.5) is 11.6 Å². The first-order chi connectivity index (χ1) is 12.0. The van der Waals surface area contributed by atoms with E-state index in [1.165, 1.54) is 7.11 Å². The van der Waals surface area contributed by atoms with Gasteiger partial charge in [-0.1, -0.05) is 0 Å². The Balaban J connectivity index is 1.54. The first-order valence-electron chi connectivity index (χ1n) is 8.68. The maximum atomic E-state index is 11.5. The summed E-state index contributed by atoms with van der Waals surface area (Å²) >= 11 is 0. The average Bonchev–Trinajstić information content (AvgIpc) is 2.98. The minimum Gasteiger partial charge on any atom is -0.375 e. The van der Waals surface area contributed by atoms with Crippen LogP contribution in [0.15, 0.2) is 12.4 Å². The summed E-state index contributed by atoms with van der Waals surface area (Å²) in [6.07, 6.45) is 3.57. The van der Waals surface area contributed by atoms with Crippen LogP contribution in [0.2, 0.25) is 0 Å². The molecule has 1 atom stereocenters. The quantitative estimate of drug-likeness (QED) is 0.758. The molecule has 0 bridgehead atoms. The van der Waals surface area contributed by atoms with Crippen molar-refractivity contribution in [3.63, 3.8) is 0 Å². The molecule has 2 aliphatic rings. The maximum Gasteiger partial charge on any atom is 0.245 e. The molecular formula is C17H27N5O3. The van der Waals surface area contributed by atoms with Gasteiger partial charge < -0.3 is 24.6 Å². The summed E-state index contributed by atoms with van der Waals surface area (Å²) in [6, 6.07) is 2.00. The van der Waals surface area contributed by atoms with Gasteiger partial charge in [-0.15, -0.1) is 0 Å². The highest BCUT2D eigenvalue weighted by Gasteiger charge is 2.53. The molecule has 8 nitrogen and oxygen atoms in total. The molecule has 2 saturated heterocycles. The Kier molecular flexibility index (Phi) is 5.39. The molecule has 3 heterocycles. The zero-order valence-electron chi connectivity index (χ0n) is 15.2. The second-order valence-electron chi connectivity index (χ2n) is 6.96. The van der Waals surface area contributed by atoms with E-state index >= 15 is 0 Å². The molecule has 1 amide bonds. The van der Waals surface area contributed by atoms with E-state index in [4.69, 9.17) is 9.47 Å². The number of carbonyl (C=O) groups is 1. The highest BCUT2D eigenvalue weighted by atomic mass is 16.5. The molecule has 25 heavy (non-hydrogen) atoms. The minimum absolute atomic E-state index is 0.0668. The van der Waals surface area contributed by atoms with Crippen molar-refractivity contribution >= 4 is 17.5 Å². The Morgan fingerprint density at radius 1 is 1.48 bits per heavy atom. The summed E-state index contributed by atoms with van der Waals surface area (Å²) in [4.78, 5) is 24.3. The normalized spacial score (nSPS) is 21.2. The lowest BCUT2D eigenvalue weighted by molar-refractivity contribution is -0.124. The lowest BCUT2D eigenvalue weighted by atomic mass is 9.79. The average molecular weight is 349 g/mol. The summed E-state index contributed by atoms with van der Waals surface area (Å²) in [7, 11) is 5.46. The molecule has 1 N–H and O–H groups in total. The van der Waals surface area contributed by atoms with E-state index in [1.807, 2.05) is 25.1 Å². The molecule has 0 unspecified atom stereocenters. The standard InChI is InChI=1S/C17H27N5O3/c1-21(2)14-8-15(20-12-19-14)22-10-17(11-22)13(5-7-25-17)4-6-18-16(23)9-24-3/h8,12-13H,4-7,9-11H2,1-3H3,(H,18,23)/t13-/m0/s1. The maximum absolute atomic E-state index is 11.5. The van der Waals surface area contributed by atoms with Gasteiger partial charge in [0, 0.05) is 40.4 Å². The summed E-state index contributed by atoms with van der Waals surface area (Å²) in [5, 5.41) is 2.90. The van der Waals surface area contributed by atoms with Gasteiger partial charge >= 0.3 is 0 Å². The van der Waals surface area contributed by atoms with Crippen LogP contribution >= 0.6 is 0 Å². The predicted molar refractivity (Wildman–Crippen MR) is 94.9 cm³/mol. The van der Waals surface area contributed by atoms with Crippen LogP contribution in [-0.2, 0) is 14.3 Å². The zero-order chi connectivity index (χ0) is 17.9. The first-order valence-corrected chi connectivity index (χ1v) is 8.68.